The molecule has 0 spiro atoms. The maximum atomic E-state index is 8.42. The Balaban J connectivity index is 2.40. The van der Waals surface area contributed by atoms with E-state index >= 15 is 0 Å². The van der Waals surface area contributed by atoms with E-state index < -0.39 is 0 Å². The van der Waals surface area contributed by atoms with Crippen LogP contribution in [-0.4, -0.2) is 21.7 Å². The number of imidazole rings is 1. The molecule has 3 nitrogen and oxygen atoms in total. The van der Waals surface area contributed by atoms with Crippen molar-refractivity contribution in [1.29, 1.82) is 0 Å². The lowest BCUT2D eigenvalue weighted by Crippen LogP contribution is -1.75. The Bertz CT molecular complexity index is 191. The molecule has 1 heterocycles. The van der Waals surface area contributed by atoms with Crippen LogP contribution in [0.3, 0.4) is 0 Å². The summed E-state index contributed by atoms with van der Waals surface area (Å²) >= 11 is 0. The topological polar surface area (TPSA) is 48.9 Å². The van der Waals surface area contributed by atoms with Crippen molar-refractivity contribution in [2.45, 2.75) is 6.42 Å². The Hall–Kier alpha value is -1.09. The Kier molecular flexibility index (Phi) is 2.70. The van der Waals surface area contributed by atoms with Gasteiger partial charge in [0.25, 0.3) is 0 Å². The zero-order valence-electron chi connectivity index (χ0n) is 5.62. The van der Waals surface area contributed by atoms with Crippen LogP contribution in [0.15, 0.2) is 18.6 Å². The van der Waals surface area contributed by atoms with Gasteiger partial charge in [-0.2, -0.15) is 0 Å². The lowest BCUT2D eigenvalue weighted by Gasteiger charge is -1.83. The molecule has 0 bridgehead atoms. The highest BCUT2D eigenvalue weighted by molar-refractivity contribution is 5.42. The number of hydrogen-bond donors (Lipinski definition) is 2. The number of aromatic nitrogens is 2. The molecule has 0 atom stereocenters. The zero-order valence-corrected chi connectivity index (χ0v) is 5.62. The van der Waals surface area contributed by atoms with Gasteiger partial charge in [0.05, 0.1) is 18.2 Å². The highest BCUT2D eigenvalue weighted by Crippen LogP contribution is 1.94. The summed E-state index contributed by atoms with van der Waals surface area (Å²) in [7, 11) is 0. The number of aliphatic hydroxyl groups excluding tert-OH is 1. The van der Waals surface area contributed by atoms with Crippen molar-refractivity contribution in [3.05, 3.63) is 24.3 Å². The first-order chi connectivity index (χ1) is 4.93. The largest absolute Gasteiger partial charge is 0.396 e. The van der Waals surface area contributed by atoms with Gasteiger partial charge in [0.15, 0.2) is 0 Å². The standard InChI is InChI=1S/C7H10N2O/c10-4-2-1-3-7-5-8-6-9-7/h1,3,5-6,10H,2,4H2,(H,8,9). The first kappa shape index (κ1) is 7.02. The minimum Gasteiger partial charge on any atom is -0.396 e. The lowest BCUT2D eigenvalue weighted by molar-refractivity contribution is 0.303. The molecular formula is C7H10N2O. The molecule has 0 saturated heterocycles. The Morgan fingerprint density at radius 2 is 2.60 bits per heavy atom. The van der Waals surface area contributed by atoms with E-state index in [1.165, 1.54) is 0 Å². The monoisotopic (exact) mass is 138 g/mol. The first-order valence-corrected chi connectivity index (χ1v) is 3.19. The molecule has 1 rings (SSSR count). The first-order valence-electron chi connectivity index (χ1n) is 3.19. The molecule has 0 fully saturated rings. The quantitative estimate of drug-likeness (QED) is 0.649. The van der Waals surface area contributed by atoms with Gasteiger partial charge in [-0.25, -0.2) is 4.98 Å². The maximum Gasteiger partial charge on any atom is 0.0924 e. The number of aromatic amines is 1. The fourth-order valence-corrected chi connectivity index (χ4v) is 0.643. The van der Waals surface area contributed by atoms with Gasteiger partial charge >= 0.3 is 0 Å². The van der Waals surface area contributed by atoms with Gasteiger partial charge < -0.3 is 10.1 Å². The lowest BCUT2D eigenvalue weighted by atomic mass is 10.3. The number of nitrogens with zero attached hydrogens (tertiary/aromatic N) is 1. The summed E-state index contributed by atoms with van der Waals surface area (Å²) in [5.41, 5.74) is 0.966. The minimum atomic E-state index is 0.199. The molecule has 0 radical (unpaired) electrons. The summed E-state index contributed by atoms with van der Waals surface area (Å²) in [4.78, 5) is 6.75. The van der Waals surface area contributed by atoms with Gasteiger partial charge in [-0.1, -0.05) is 6.08 Å². The van der Waals surface area contributed by atoms with Gasteiger partial charge in [0.2, 0.25) is 0 Å². The van der Waals surface area contributed by atoms with Crippen LogP contribution in [0.5, 0.6) is 0 Å². The smallest absolute Gasteiger partial charge is 0.0924 e. The summed E-state index contributed by atoms with van der Waals surface area (Å²) in [6, 6.07) is 0. The van der Waals surface area contributed by atoms with Crippen molar-refractivity contribution in [3.8, 4) is 0 Å². The van der Waals surface area contributed by atoms with E-state index in [4.69, 9.17) is 5.11 Å². The van der Waals surface area contributed by atoms with Gasteiger partial charge in [-0.15, -0.1) is 0 Å². The predicted octanol–water partition coefficient (Wildman–Crippen LogP) is 0.805. The van der Waals surface area contributed by atoms with Crippen molar-refractivity contribution in [2.24, 2.45) is 0 Å². The van der Waals surface area contributed by atoms with Crippen LogP contribution in [0, 0.1) is 0 Å². The van der Waals surface area contributed by atoms with E-state index in [0.29, 0.717) is 6.42 Å². The molecule has 0 amide bonds. The van der Waals surface area contributed by atoms with Crippen molar-refractivity contribution >= 4 is 6.08 Å². The van der Waals surface area contributed by atoms with Gasteiger partial charge in [0, 0.05) is 6.61 Å². The number of rotatable bonds is 3. The molecule has 0 saturated carbocycles. The number of aliphatic hydroxyl groups is 1. The second-order valence-electron chi connectivity index (χ2n) is 1.92. The third-order valence-electron chi connectivity index (χ3n) is 1.11. The summed E-state index contributed by atoms with van der Waals surface area (Å²) in [6.07, 6.45) is 7.84. The van der Waals surface area contributed by atoms with E-state index in [-0.39, 0.29) is 6.61 Å². The van der Waals surface area contributed by atoms with Crippen LogP contribution < -0.4 is 0 Å². The molecule has 2 N–H and O–H groups in total. The maximum absolute atomic E-state index is 8.42. The van der Waals surface area contributed by atoms with Gasteiger partial charge in [0.1, 0.15) is 0 Å². The average molecular weight is 138 g/mol. The van der Waals surface area contributed by atoms with Crippen LogP contribution in [0.4, 0.5) is 0 Å². The van der Waals surface area contributed by atoms with Crippen molar-refractivity contribution in [2.75, 3.05) is 6.61 Å². The molecule has 0 unspecified atom stereocenters. The fraction of sp³-hybridized carbons (Fsp3) is 0.286. The Morgan fingerprint density at radius 1 is 1.70 bits per heavy atom. The molecule has 0 aliphatic heterocycles. The number of hydrogen-bond acceptors (Lipinski definition) is 2. The van der Waals surface area contributed by atoms with Crippen molar-refractivity contribution in [1.82, 2.24) is 9.97 Å². The van der Waals surface area contributed by atoms with Crippen LogP contribution in [0.2, 0.25) is 0 Å². The van der Waals surface area contributed by atoms with E-state index in [9.17, 15) is 0 Å². The van der Waals surface area contributed by atoms with Crippen LogP contribution >= 0.6 is 0 Å². The Labute approximate surface area is 59.4 Å². The minimum absolute atomic E-state index is 0.199. The summed E-state index contributed by atoms with van der Waals surface area (Å²) < 4.78 is 0. The highest BCUT2D eigenvalue weighted by atomic mass is 16.2. The van der Waals surface area contributed by atoms with Crippen molar-refractivity contribution < 1.29 is 5.11 Å². The van der Waals surface area contributed by atoms with Crippen LogP contribution in [0.25, 0.3) is 6.08 Å². The third-order valence-corrected chi connectivity index (χ3v) is 1.11. The van der Waals surface area contributed by atoms with E-state index in [1.807, 2.05) is 12.2 Å². The number of H-pyrrole nitrogens is 1. The normalized spacial score (nSPS) is 10.9. The molecule has 1 aromatic rings. The Morgan fingerprint density at radius 3 is 3.20 bits per heavy atom. The molecule has 0 aliphatic rings. The highest BCUT2D eigenvalue weighted by Gasteiger charge is 1.82. The number of nitrogens with one attached hydrogen (secondary N) is 1. The summed E-state index contributed by atoms with van der Waals surface area (Å²) in [6.45, 7) is 0.199. The SMILES string of the molecule is OCCC=Cc1cnc[nH]1. The van der Waals surface area contributed by atoms with Gasteiger partial charge in [-0.3, -0.25) is 0 Å². The molecule has 0 aliphatic carbocycles. The van der Waals surface area contributed by atoms with Crippen LogP contribution in [0.1, 0.15) is 12.1 Å². The molecule has 3 heteroatoms. The molecule has 0 aromatic carbocycles. The van der Waals surface area contributed by atoms with Gasteiger partial charge in [-0.05, 0) is 12.5 Å². The molecular weight excluding hydrogens is 128 g/mol. The molecule has 1 aromatic heterocycles. The predicted molar refractivity (Wildman–Crippen MR) is 39.3 cm³/mol. The van der Waals surface area contributed by atoms with Crippen LogP contribution in [-0.2, 0) is 0 Å². The van der Waals surface area contributed by atoms with E-state index in [0.717, 1.165) is 5.69 Å². The summed E-state index contributed by atoms with van der Waals surface area (Å²) in [5.74, 6) is 0. The zero-order chi connectivity index (χ0) is 7.23. The average Bonchev–Trinajstić information content (AvgIpc) is 2.41. The fourth-order valence-electron chi connectivity index (χ4n) is 0.643. The van der Waals surface area contributed by atoms with E-state index in [1.54, 1.807) is 12.5 Å². The molecule has 10 heavy (non-hydrogen) atoms. The third kappa shape index (κ3) is 2.03. The van der Waals surface area contributed by atoms with E-state index in [2.05, 4.69) is 9.97 Å². The summed E-state index contributed by atoms with van der Waals surface area (Å²) in [5, 5.41) is 8.42. The molecule has 54 valence electrons. The van der Waals surface area contributed by atoms with Crippen molar-refractivity contribution in [3.63, 3.8) is 0 Å². The second kappa shape index (κ2) is 3.85. The second-order valence-corrected chi connectivity index (χ2v) is 1.92.